The first-order valence-corrected chi connectivity index (χ1v) is 6.63. The molecule has 0 saturated carbocycles. The molecule has 16 heavy (non-hydrogen) atoms. The molecule has 0 aromatic carbocycles. The van der Waals surface area contributed by atoms with Crippen LogP contribution in [0.4, 0.5) is 0 Å². The van der Waals surface area contributed by atoms with E-state index < -0.39 is 0 Å². The lowest BCUT2D eigenvalue weighted by atomic mass is 10.2. The Balaban J connectivity index is 1.99. The van der Waals surface area contributed by atoms with E-state index in [0.29, 0.717) is 6.42 Å². The Morgan fingerprint density at radius 2 is 2.25 bits per heavy atom. The maximum absolute atomic E-state index is 7.17. The minimum atomic E-state index is 0.239. The van der Waals surface area contributed by atoms with Crippen LogP contribution in [0, 0.1) is 5.41 Å². The van der Waals surface area contributed by atoms with Crippen LogP contribution in [0.15, 0.2) is 5.16 Å². The van der Waals surface area contributed by atoms with Gasteiger partial charge < -0.3 is 10.3 Å². The molecule has 88 valence electrons. The van der Waals surface area contributed by atoms with E-state index in [4.69, 9.17) is 11.1 Å². The number of hydrogen-bond donors (Lipinski definition) is 2. The van der Waals surface area contributed by atoms with Crippen molar-refractivity contribution in [1.29, 1.82) is 5.41 Å². The Kier molecular flexibility index (Phi) is 3.82. The van der Waals surface area contributed by atoms with Crippen LogP contribution in [0.1, 0.15) is 31.5 Å². The van der Waals surface area contributed by atoms with E-state index in [1.807, 2.05) is 0 Å². The fraction of sp³-hybridized carbons (Fsp3) is 0.700. The molecule has 1 aromatic heterocycles. The number of nitrogens with one attached hydrogen (secondary N) is 1. The summed E-state index contributed by atoms with van der Waals surface area (Å²) >= 11 is 1.65. The summed E-state index contributed by atoms with van der Waals surface area (Å²) in [6, 6.07) is 0. The lowest BCUT2D eigenvalue weighted by Gasteiger charge is -2.05. The molecular weight excluding hydrogens is 222 g/mol. The van der Waals surface area contributed by atoms with Gasteiger partial charge in [0.1, 0.15) is 5.82 Å². The molecule has 0 fully saturated rings. The van der Waals surface area contributed by atoms with Crippen molar-refractivity contribution in [3.8, 4) is 0 Å². The van der Waals surface area contributed by atoms with Gasteiger partial charge in [-0.2, -0.15) is 0 Å². The van der Waals surface area contributed by atoms with E-state index in [9.17, 15) is 0 Å². The third-order valence-electron chi connectivity index (χ3n) is 2.68. The first-order valence-electron chi connectivity index (χ1n) is 5.65. The molecule has 0 aliphatic carbocycles. The van der Waals surface area contributed by atoms with E-state index in [2.05, 4.69) is 14.8 Å². The normalized spacial score (nSPS) is 15.5. The molecule has 0 radical (unpaired) electrons. The average molecular weight is 239 g/mol. The average Bonchev–Trinajstić information content (AvgIpc) is 2.49. The number of rotatable bonds is 4. The summed E-state index contributed by atoms with van der Waals surface area (Å²) in [4.78, 5) is 0. The van der Waals surface area contributed by atoms with Crippen LogP contribution in [-0.4, -0.2) is 26.4 Å². The molecule has 0 bridgehead atoms. The zero-order valence-corrected chi connectivity index (χ0v) is 10.1. The van der Waals surface area contributed by atoms with Gasteiger partial charge >= 0.3 is 0 Å². The van der Waals surface area contributed by atoms with Crippen LogP contribution in [0.5, 0.6) is 0 Å². The lowest BCUT2D eigenvalue weighted by molar-refractivity contribution is 0.591. The predicted molar refractivity (Wildman–Crippen MR) is 64.8 cm³/mol. The summed E-state index contributed by atoms with van der Waals surface area (Å²) in [5.41, 5.74) is 5.32. The smallest absolute Gasteiger partial charge is 0.191 e. The quantitative estimate of drug-likeness (QED) is 0.473. The van der Waals surface area contributed by atoms with Crippen LogP contribution in [0.2, 0.25) is 0 Å². The van der Waals surface area contributed by atoms with Gasteiger partial charge in [0.15, 0.2) is 5.16 Å². The summed E-state index contributed by atoms with van der Waals surface area (Å²) in [5, 5.41) is 16.6. The van der Waals surface area contributed by atoms with E-state index in [0.717, 1.165) is 29.7 Å². The highest BCUT2D eigenvalue weighted by atomic mass is 32.2. The number of fused-ring (bicyclic) bond motifs is 1. The van der Waals surface area contributed by atoms with Crippen molar-refractivity contribution in [2.45, 2.75) is 43.8 Å². The van der Waals surface area contributed by atoms with Gasteiger partial charge in [0.25, 0.3) is 0 Å². The second-order valence-electron chi connectivity index (χ2n) is 3.98. The molecular formula is C10H17N5S. The number of hydrogen-bond acceptors (Lipinski definition) is 4. The fourth-order valence-electron chi connectivity index (χ4n) is 1.82. The van der Waals surface area contributed by atoms with Crippen molar-refractivity contribution in [1.82, 2.24) is 14.8 Å². The highest BCUT2D eigenvalue weighted by Crippen LogP contribution is 2.21. The number of aromatic nitrogens is 3. The largest absolute Gasteiger partial charge is 0.388 e. The van der Waals surface area contributed by atoms with Gasteiger partial charge in [-0.05, 0) is 12.8 Å². The SMILES string of the molecule is N=C(N)CCSc1nnc2n1CCCCC2. The van der Waals surface area contributed by atoms with Crippen molar-refractivity contribution in [2.75, 3.05) is 5.75 Å². The van der Waals surface area contributed by atoms with Crippen LogP contribution in [0.25, 0.3) is 0 Å². The van der Waals surface area contributed by atoms with Crippen LogP contribution < -0.4 is 5.73 Å². The van der Waals surface area contributed by atoms with Gasteiger partial charge in [-0.1, -0.05) is 18.2 Å². The van der Waals surface area contributed by atoms with Gasteiger partial charge in [-0.25, -0.2) is 0 Å². The van der Waals surface area contributed by atoms with Crippen LogP contribution in [-0.2, 0) is 13.0 Å². The standard InChI is InChI=1S/C10H17N5S/c11-8(12)5-7-16-10-14-13-9-4-2-1-3-6-15(9)10/h1-7H2,(H3,11,12). The Bertz CT molecular complexity index is 373. The first-order chi connectivity index (χ1) is 7.77. The number of aryl methyl sites for hydroxylation is 1. The third-order valence-corrected chi connectivity index (χ3v) is 3.65. The maximum Gasteiger partial charge on any atom is 0.191 e. The zero-order chi connectivity index (χ0) is 11.4. The van der Waals surface area contributed by atoms with E-state index in [1.165, 1.54) is 19.3 Å². The van der Waals surface area contributed by atoms with Gasteiger partial charge in [0.2, 0.25) is 0 Å². The molecule has 0 spiro atoms. The van der Waals surface area contributed by atoms with Crippen LogP contribution in [0.3, 0.4) is 0 Å². The lowest BCUT2D eigenvalue weighted by Crippen LogP contribution is -2.10. The summed E-state index contributed by atoms with van der Waals surface area (Å²) in [5.74, 6) is 2.17. The summed E-state index contributed by atoms with van der Waals surface area (Å²) in [6.45, 7) is 1.03. The Morgan fingerprint density at radius 3 is 3.06 bits per heavy atom. The summed E-state index contributed by atoms with van der Waals surface area (Å²) in [7, 11) is 0. The van der Waals surface area contributed by atoms with E-state index >= 15 is 0 Å². The monoisotopic (exact) mass is 239 g/mol. The number of nitrogens with two attached hydrogens (primary N) is 1. The van der Waals surface area contributed by atoms with Gasteiger partial charge in [-0.15, -0.1) is 10.2 Å². The van der Waals surface area contributed by atoms with Crippen molar-refractivity contribution in [3.63, 3.8) is 0 Å². The van der Waals surface area contributed by atoms with Crippen molar-refractivity contribution < 1.29 is 0 Å². The molecule has 0 unspecified atom stereocenters. The molecule has 5 nitrogen and oxygen atoms in total. The minimum Gasteiger partial charge on any atom is -0.388 e. The molecule has 0 saturated heterocycles. The topological polar surface area (TPSA) is 80.6 Å². The highest BCUT2D eigenvalue weighted by molar-refractivity contribution is 7.99. The van der Waals surface area contributed by atoms with Gasteiger partial charge in [-0.3, -0.25) is 5.41 Å². The maximum atomic E-state index is 7.17. The molecule has 2 heterocycles. The summed E-state index contributed by atoms with van der Waals surface area (Å²) in [6.07, 6.45) is 5.37. The summed E-state index contributed by atoms with van der Waals surface area (Å²) < 4.78 is 2.22. The second-order valence-corrected chi connectivity index (χ2v) is 5.05. The molecule has 6 heteroatoms. The fourth-order valence-corrected chi connectivity index (χ4v) is 2.77. The predicted octanol–water partition coefficient (Wildman–Crippen LogP) is 1.42. The highest BCUT2D eigenvalue weighted by Gasteiger charge is 2.14. The molecule has 2 rings (SSSR count). The zero-order valence-electron chi connectivity index (χ0n) is 9.28. The molecule has 1 aliphatic heterocycles. The Labute approximate surface area is 99.3 Å². The van der Waals surface area contributed by atoms with Crippen molar-refractivity contribution in [2.24, 2.45) is 5.73 Å². The molecule has 0 amide bonds. The Hall–Kier alpha value is -1.04. The molecule has 1 aromatic rings. The Morgan fingerprint density at radius 1 is 1.38 bits per heavy atom. The van der Waals surface area contributed by atoms with Gasteiger partial charge in [0.05, 0.1) is 5.84 Å². The number of nitrogens with zero attached hydrogens (tertiary/aromatic N) is 3. The molecule has 3 N–H and O–H groups in total. The number of thioether (sulfide) groups is 1. The van der Waals surface area contributed by atoms with Gasteiger partial charge in [0, 0.05) is 25.1 Å². The van der Waals surface area contributed by atoms with Crippen molar-refractivity contribution >= 4 is 17.6 Å². The van der Waals surface area contributed by atoms with E-state index in [1.54, 1.807) is 11.8 Å². The first kappa shape index (κ1) is 11.4. The number of amidine groups is 1. The van der Waals surface area contributed by atoms with Crippen LogP contribution >= 0.6 is 11.8 Å². The second kappa shape index (κ2) is 5.34. The minimum absolute atomic E-state index is 0.239. The molecule has 0 atom stereocenters. The van der Waals surface area contributed by atoms with Crippen molar-refractivity contribution in [3.05, 3.63) is 5.82 Å². The van der Waals surface area contributed by atoms with E-state index in [-0.39, 0.29) is 5.84 Å². The third kappa shape index (κ3) is 2.75. The molecule has 1 aliphatic rings.